The van der Waals surface area contributed by atoms with Crippen LogP contribution in [0.15, 0.2) is 4.99 Å². The number of imide groups is 1. The Bertz CT molecular complexity index is 512. The molecule has 26 heavy (non-hydrogen) atoms. The van der Waals surface area contributed by atoms with E-state index >= 15 is 0 Å². The predicted molar refractivity (Wildman–Crippen MR) is 108 cm³/mol. The quantitative estimate of drug-likeness (QED) is 0.552. The molecule has 1 saturated heterocycles. The highest BCUT2D eigenvalue weighted by Gasteiger charge is 2.48. The van der Waals surface area contributed by atoms with Gasteiger partial charge in [-0.15, -0.1) is 0 Å². The molecule has 6 nitrogen and oxygen atoms in total. The molecule has 2 unspecified atom stereocenters. The average Bonchev–Trinajstić information content (AvgIpc) is 2.98. The van der Waals surface area contributed by atoms with Crippen LogP contribution in [0.5, 0.6) is 0 Å². The summed E-state index contributed by atoms with van der Waals surface area (Å²) in [5.74, 6) is 0.807. The van der Waals surface area contributed by atoms with Gasteiger partial charge in [-0.05, 0) is 12.8 Å². The van der Waals surface area contributed by atoms with E-state index < -0.39 is 0 Å². The van der Waals surface area contributed by atoms with Gasteiger partial charge in [-0.25, -0.2) is 9.79 Å². The van der Waals surface area contributed by atoms with Crippen LogP contribution in [-0.2, 0) is 4.79 Å². The molecule has 1 N–H and O–H groups in total. The Morgan fingerprint density at radius 3 is 2.38 bits per heavy atom. The molecule has 3 amide bonds. The van der Waals surface area contributed by atoms with Gasteiger partial charge in [-0.2, -0.15) is 0 Å². The van der Waals surface area contributed by atoms with Crippen LogP contribution in [0.2, 0.25) is 0 Å². The van der Waals surface area contributed by atoms with Crippen LogP contribution in [0.3, 0.4) is 0 Å². The molecule has 1 fully saturated rings. The zero-order valence-corrected chi connectivity index (χ0v) is 17.3. The first-order valence-electron chi connectivity index (χ1n) is 10.1. The molecule has 0 saturated carbocycles. The number of unbranched alkanes of at least 4 members (excludes halogenated alkanes) is 7. The van der Waals surface area contributed by atoms with Crippen LogP contribution in [0, 0.1) is 0 Å². The van der Waals surface area contributed by atoms with Crippen molar-refractivity contribution < 1.29 is 9.59 Å². The van der Waals surface area contributed by atoms with E-state index in [1.54, 1.807) is 23.7 Å². The summed E-state index contributed by atoms with van der Waals surface area (Å²) in [7, 11) is 1.72. The van der Waals surface area contributed by atoms with E-state index in [-0.39, 0.29) is 24.1 Å². The highest BCUT2D eigenvalue weighted by atomic mass is 32.2. The van der Waals surface area contributed by atoms with Crippen molar-refractivity contribution in [2.75, 3.05) is 19.3 Å². The van der Waals surface area contributed by atoms with Crippen molar-refractivity contribution >= 4 is 28.9 Å². The summed E-state index contributed by atoms with van der Waals surface area (Å²) < 4.78 is 0. The fourth-order valence-electron chi connectivity index (χ4n) is 3.43. The third-order valence-electron chi connectivity index (χ3n) is 5.05. The second-order valence-corrected chi connectivity index (χ2v) is 8.25. The van der Waals surface area contributed by atoms with Crippen molar-refractivity contribution in [1.29, 1.82) is 0 Å². The van der Waals surface area contributed by atoms with E-state index in [1.165, 1.54) is 38.5 Å². The fraction of sp³-hybridized carbons (Fsp3) is 0.842. The molecule has 148 valence electrons. The van der Waals surface area contributed by atoms with E-state index in [2.05, 4.69) is 24.1 Å². The Labute approximate surface area is 162 Å². The largest absolute Gasteiger partial charge is 0.336 e. The second-order valence-electron chi connectivity index (χ2n) is 7.19. The molecule has 2 rings (SSSR count). The van der Waals surface area contributed by atoms with E-state index in [0.717, 1.165) is 36.7 Å². The van der Waals surface area contributed by atoms with E-state index in [0.29, 0.717) is 0 Å². The number of nitrogens with zero attached hydrogens (tertiary/aromatic N) is 3. The summed E-state index contributed by atoms with van der Waals surface area (Å²) in [6.45, 7) is 5.24. The minimum Gasteiger partial charge on any atom is -0.336 e. The zero-order chi connectivity index (χ0) is 18.9. The van der Waals surface area contributed by atoms with Crippen molar-refractivity contribution in [2.24, 2.45) is 4.99 Å². The maximum atomic E-state index is 12.4. The van der Waals surface area contributed by atoms with E-state index in [4.69, 9.17) is 4.99 Å². The van der Waals surface area contributed by atoms with Crippen molar-refractivity contribution in [2.45, 2.75) is 83.8 Å². The number of aliphatic imine (C=N–C) groups is 1. The lowest BCUT2D eigenvalue weighted by Gasteiger charge is -2.36. The third-order valence-corrected chi connectivity index (χ3v) is 6.15. The molecule has 2 aliphatic heterocycles. The number of likely N-dealkylation sites (N-methyl/N-ethyl adjacent to an activating group) is 1. The topological polar surface area (TPSA) is 65.0 Å². The normalized spacial score (nSPS) is 22.5. The smallest absolute Gasteiger partial charge is 0.325 e. The monoisotopic (exact) mass is 382 g/mol. The van der Waals surface area contributed by atoms with Crippen LogP contribution in [0.1, 0.15) is 71.6 Å². The van der Waals surface area contributed by atoms with Gasteiger partial charge in [0, 0.05) is 19.3 Å². The maximum Gasteiger partial charge on any atom is 0.325 e. The minimum atomic E-state index is -0.384. The summed E-state index contributed by atoms with van der Waals surface area (Å²) in [6, 6.07) is -0.725. The number of carbonyl (C=O) groups excluding carboxylic acids is 2. The molecule has 2 atom stereocenters. The minimum absolute atomic E-state index is 0.214. The molecule has 0 spiro atoms. The van der Waals surface area contributed by atoms with Gasteiger partial charge in [-0.3, -0.25) is 10.1 Å². The first-order valence-corrected chi connectivity index (χ1v) is 11.1. The molecule has 0 aromatic heterocycles. The lowest BCUT2D eigenvalue weighted by molar-refractivity contribution is -0.127. The number of rotatable bonds is 11. The number of fused-ring (bicyclic) bond motifs is 1. The molecular formula is C19H34N4O2S. The lowest BCUT2D eigenvalue weighted by Crippen LogP contribution is -2.63. The highest BCUT2D eigenvalue weighted by molar-refractivity contribution is 8.13. The lowest BCUT2D eigenvalue weighted by atomic mass is 10.1. The molecule has 0 aliphatic carbocycles. The SMILES string of the molecule is CCCCCCCCSC1=NC2C(C(=O)NC(=O)N2C)N1CCCCC. The van der Waals surface area contributed by atoms with E-state index in [1.807, 2.05) is 0 Å². The Balaban J connectivity index is 1.92. The number of carbonyl (C=O) groups is 2. The predicted octanol–water partition coefficient (Wildman–Crippen LogP) is 3.82. The standard InChI is InChI=1S/C19H34N4O2S/c1-4-6-8-9-10-12-14-26-19-20-16-15(23(19)13-11-7-5-2)17(24)21-18(25)22(16)3/h15-16H,4-14H2,1-3H3,(H,21,24,25). The molecule has 7 heteroatoms. The van der Waals surface area contributed by atoms with Gasteiger partial charge in [0.2, 0.25) is 0 Å². The first kappa shape index (κ1) is 21.1. The van der Waals surface area contributed by atoms with Crippen molar-refractivity contribution in [3.05, 3.63) is 0 Å². The summed E-state index contributed by atoms with van der Waals surface area (Å²) in [5.41, 5.74) is 0. The zero-order valence-electron chi connectivity index (χ0n) is 16.5. The first-order chi connectivity index (χ1) is 12.6. The number of hydrogen-bond donors (Lipinski definition) is 1. The van der Waals surface area contributed by atoms with Crippen LogP contribution in [0.4, 0.5) is 4.79 Å². The van der Waals surface area contributed by atoms with Crippen LogP contribution in [-0.4, -0.2) is 58.5 Å². The Kier molecular flexibility index (Phi) is 8.75. The summed E-state index contributed by atoms with van der Waals surface area (Å²) >= 11 is 1.74. The summed E-state index contributed by atoms with van der Waals surface area (Å²) in [4.78, 5) is 32.7. The van der Waals surface area contributed by atoms with Crippen molar-refractivity contribution in [3.8, 4) is 0 Å². The van der Waals surface area contributed by atoms with Gasteiger partial charge in [-0.1, -0.05) is 70.6 Å². The van der Waals surface area contributed by atoms with Crippen LogP contribution >= 0.6 is 11.8 Å². The van der Waals surface area contributed by atoms with E-state index in [9.17, 15) is 9.59 Å². The Morgan fingerprint density at radius 1 is 1.00 bits per heavy atom. The molecule has 0 radical (unpaired) electrons. The highest BCUT2D eigenvalue weighted by Crippen LogP contribution is 2.29. The second kappa shape index (κ2) is 10.8. The molecular weight excluding hydrogens is 348 g/mol. The van der Waals surface area contributed by atoms with Crippen molar-refractivity contribution in [1.82, 2.24) is 15.1 Å². The number of hydrogen-bond acceptors (Lipinski definition) is 5. The molecule has 0 bridgehead atoms. The average molecular weight is 383 g/mol. The maximum absolute atomic E-state index is 12.4. The number of thioether (sulfide) groups is 1. The number of amides is 3. The third kappa shape index (κ3) is 5.38. The van der Waals surface area contributed by atoms with Crippen LogP contribution in [0.25, 0.3) is 0 Å². The van der Waals surface area contributed by atoms with Gasteiger partial charge >= 0.3 is 6.03 Å². The Hall–Kier alpha value is -1.24. The van der Waals surface area contributed by atoms with Gasteiger partial charge in [0.05, 0.1) is 0 Å². The van der Waals surface area contributed by atoms with Gasteiger partial charge in [0.1, 0.15) is 0 Å². The number of nitrogens with one attached hydrogen (secondary N) is 1. The molecule has 0 aromatic rings. The summed E-state index contributed by atoms with van der Waals surface area (Å²) in [5, 5.41) is 3.39. The molecule has 2 heterocycles. The van der Waals surface area contributed by atoms with Crippen molar-refractivity contribution in [3.63, 3.8) is 0 Å². The summed E-state index contributed by atoms with van der Waals surface area (Å²) in [6.07, 6.45) is 10.6. The number of amidine groups is 1. The van der Waals surface area contributed by atoms with Crippen LogP contribution < -0.4 is 5.32 Å². The van der Waals surface area contributed by atoms with Gasteiger partial charge < -0.3 is 9.80 Å². The Morgan fingerprint density at radius 2 is 1.65 bits per heavy atom. The van der Waals surface area contributed by atoms with Gasteiger partial charge in [0.15, 0.2) is 17.4 Å². The molecule has 0 aromatic carbocycles. The van der Waals surface area contributed by atoms with Gasteiger partial charge in [0.25, 0.3) is 5.91 Å². The number of urea groups is 1. The fourth-order valence-corrected chi connectivity index (χ4v) is 4.52. The molecule has 2 aliphatic rings.